The molecule has 1 aromatic rings. The minimum atomic E-state index is -10.1. The lowest BCUT2D eigenvalue weighted by Gasteiger charge is -2.41. The highest BCUT2D eigenvalue weighted by Gasteiger charge is 2.65. The Morgan fingerprint density at radius 3 is 2.27 bits per heavy atom. The first kappa shape index (κ1) is 21.1. The molecule has 13 heteroatoms. The molecule has 0 aliphatic carbocycles. The van der Waals surface area contributed by atoms with Crippen LogP contribution in [0.3, 0.4) is 0 Å². The van der Waals surface area contributed by atoms with Gasteiger partial charge in [0.25, 0.3) is 0 Å². The molecule has 1 aliphatic rings. The van der Waals surface area contributed by atoms with Crippen molar-refractivity contribution < 1.29 is 46.9 Å². The number of hydrogen-bond donors (Lipinski definition) is 0. The van der Waals surface area contributed by atoms with Gasteiger partial charge in [0.2, 0.25) is 6.10 Å². The maximum Gasteiger partial charge on any atom is 0.430 e. The van der Waals surface area contributed by atoms with Crippen molar-refractivity contribution in [1.82, 2.24) is 0 Å². The zero-order valence-electron chi connectivity index (χ0n) is 12.6. The predicted octanol–water partition coefficient (Wildman–Crippen LogP) is 6.29. The summed E-state index contributed by atoms with van der Waals surface area (Å²) in [6.07, 6.45) is -7.46. The third-order valence-electron chi connectivity index (χ3n) is 3.27. The van der Waals surface area contributed by atoms with E-state index in [9.17, 15) is 37.4 Å². The van der Waals surface area contributed by atoms with E-state index in [1.807, 2.05) is 0 Å². The minimum Gasteiger partial charge on any atom is -0.475 e. The van der Waals surface area contributed by atoms with Crippen molar-refractivity contribution in [2.24, 2.45) is 0 Å². The lowest BCUT2D eigenvalue weighted by molar-refractivity contribution is -0.187. The van der Waals surface area contributed by atoms with Crippen molar-refractivity contribution in [3.05, 3.63) is 28.8 Å². The van der Waals surface area contributed by atoms with E-state index in [-0.39, 0.29) is 16.7 Å². The molecule has 0 amide bonds. The molecule has 0 saturated carbocycles. The number of carbonyl (C=O) groups is 1. The lowest BCUT2D eigenvalue weighted by atomic mass is 9.99. The van der Waals surface area contributed by atoms with Crippen LogP contribution in [0.25, 0.3) is 6.08 Å². The van der Waals surface area contributed by atoms with Gasteiger partial charge in [-0.3, -0.25) is 0 Å². The zero-order valence-corrected chi connectivity index (χ0v) is 15.5. The molecule has 0 N–H and O–H groups in total. The van der Waals surface area contributed by atoms with Gasteiger partial charge in [0.05, 0.1) is 5.57 Å². The summed E-state index contributed by atoms with van der Waals surface area (Å²) in [6, 6.07) is -0.0381. The van der Waals surface area contributed by atoms with Crippen LogP contribution >= 0.6 is 32.8 Å². The van der Waals surface area contributed by atoms with Crippen molar-refractivity contribution in [2.45, 2.75) is 24.1 Å². The summed E-state index contributed by atoms with van der Waals surface area (Å²) in [4.78, 5) is 9.42. The van der Waals surface area contributed by atoms with Crippen molar-refractivity contribution in [3.8, 4) is 5.75 Å². The molecular formula is C13H9F8IO3S. The van der Waals surface area contributed by atoms with E-state index in [2.05, 4.69) is 9.47 Å². The average molecular weight is 524 g/mol. The highest BCUT2D eigenvalue weighted by atomic mass is 127. The van der Waals surface area contributed by atoms with E-state index in [1.165, 1.54) is 22.6 Å². The number of rotatable bonds is 3. The number of fused-ring (bicyclic) bond motifs is 1. The normalized spacial score (nSPS) is 20.2. The minimum absolute atomic E-state index is 0.00973. The Bertz CT molecular complexity index is 801. The monoisotopic (exact) mass is 524 g/mol. The van der Waals surface area contributed by atoms with Crippen molar-refractivity contribution >= 4 is 44.9 Å². The van der Waals surface area contributed by atoms with Gasteiger partial charge in [0.15, 0.2) is 0 Å². The first-order valence-electron chi connectivity index (χ1n) is 6.51. The van der Waals surface area contributed by atoms with Gasteiger partial charge in [-0.2, -0.15) is 13.2 Å². The van der Waals surface area contributed by atoms with Crippen LogP contribution in [0.4, 0.5) is 32.6 Å². The van der Waals surface area contributed by atoms with Crippen LogP contribution in [0.1, 0.15) is 11.1 Å². The summed E-state index contributed by atoms with van der Waals surface area (Å²) < 4.78 is 113. The van der Waals surface area contributed by atoms with Gasteiger partial charge in [0.1, 0.15) is 15.3 Å². The number of benzene rings is 1. The number of alkyl halides is 4. The van der Waals surface area contributed by atoms with E-state index >= 15 is 0 Å². The zero-order chi connectivity index (χ0) is 20.2. The Labute approximate surface area is 155 Å². The van der Waals surface area contributed by atoms with E-state index in [0.717, 1.165) is 6.92 Å². The number of aryl methyl sites for hydroxylation is 1. The summed E-state index contributed by atoms with van der Waals surface area (Å²) >= 11 is 1.52. The molecule has 0 spiro atoms. The van der Waals surface area contributed by atoms with Crippen LogP contribution in [0.5, 0.6) is 5.75 Å². The summed E-state index contributed by atoms with van der Waals surface area (Å²) in [6.45, 7) is 0.890. The quantitative estimate of drug-likeness (QED) is 0.202. The molecule has 3 nitrogen and oxygen atoms in total. The second-order valence-corrected chi connectivity index (χ2v) is 8.34. The largest absolute Gasteiger partial charge is 0.475 e. The standard InChI is InChI=1S/C13H9F8IO3S/c1-6-2-8(26(17,18,19,20)21)3-7-4-9(12(23)24-5-22)11(13(14,15)16)25-10(6)7/h2-4,11H,5H2,1H3/t11-/m0/s1. The highest BCUT2D eigenvalue weighted by Crippen LogP contribution is 3.02. The maximum atomic E-state index is 13.1. The van der Waals surface area contributed by atoms with Crippen LogP contribution in [-0.4, -0.2) is 22.9 Å². The molecule has 2 rings (SSSR count). The van der Waals surface area contributed by atoms with Crippen molar-refractivity contribution in [2.75, 3.05) is 4.61 Å². The van der Waals surface area contributed by atoms with Crippen molar-refractivity contribution in [3.63, 3.8) is 0 Å². The fraction of sp³-hybridized carbons (Fsp3) is 0.308. The van der Waals surface area contributed by atoms with E-state index in [0.29, 0.717) is 6.08 Å². The van der Waals surface area contributed by atoms with E-state index < -0.39 is 55.8 Å². The first-order valence-corrected chi connectivity index (χ1v) is 9.98. The predicted molar refractivity (Wildman–Crippen MR) is 86.0 cm³/mol. The molecule has 1 aliphatic heterocycles. The molecule has 1 atom stereocenters. The maximum absolute atomic E-state index is 13.1. The van der Waals surface area contributed by atoms with Gasteiger partial charge >= 0.3 is 22.4 Å². The SMILES string of the molecule is Cc1cc(S(F)(F)(F)(F)F)cc2c1O[C@H](C(F)(F)F)C(C(=O)OCI)=C2. The fourth-order valence-corrected chi connectivity index (χ4v) is 3.26. The Morgan fingerprint density at radius 1 is 1.23 bits per heavy atom. The van der Waals surface area contributed by atoms with Gasteiger partial charge < -0.3 is 9.47 Å². The summed E-state index contributed by atoms with van der Waals surface area (Å²) in [5.74, 6) is -2.16. The topological polar surface area (TPSA) is 35.5 Å². The van der Waals surface area contributed by atoms with Crippen LogP contribution in [0, 0.1) is 6.92 Å². The molecular weight excluding hydrogens is 515 g/mol. The molecule has 0 fully saturated rings. The van der Waals surface area contributed by atoms with Crippen molar-refractivity contribution in [1.29, 1.82) is 0 Å². The molecule has 148 valence electrons. The Kier molecular flexibility index (Phi) is 4.55. The molecule has 26 heavy (non-hydrogen) atoms. The third kappa shape index (κ3) is 4.35. The van der Waals surface area contributed by atoms with Crippen LogP contribution in [0.15, 0.2) is 22.6 Å². The van der Waals surface area contributed by atoms with Gasteiger partial charge in [-0.15, -0.1) is 0 Å². The number of ether oxygens (including phenoxy) is 2. The first-order chi connectivity index (χ1) is 11.4. The summed E-state index contributed by atoms with van der Waals surface area (Å²) in [5.41, 5.74) is -2.45. The van der Waals surface area contributed by atoms with Gasteiger partial charge in [-0.25, -0.2) is 4.79 Å². The molecule has 0 bridgehead atoms. The number of carbonyl (C=O) groups excluding carboxylic acids is 1. The Hall–Kier alpha value is -1.25. The van der Waals surface area contributed by atoms with Gasteiger partial charge in [-0.1, -0.05) is 19.4 Å². The smallest absolute Gasteiger partial charge is 0.430 e. The average Bonchev–Trinajstić information content (AvgIpc) is 2.42. The Balaban J connectivity index is 2.71. The second-order valence-electron chi connectivity index (χ2n) is 5.31. The molecule has 0 aromatic heterocycles. The fourth-order valence-electron chi connectivity index (χ4n) is 2.22. The van der Waals surface area contributed by atoms with Crippen LogP contribution < -0.4 is 4.74 Å². The van der Waals surface area contributed by atoms with Gasteiger partial charge in [-0.05, 0) is 53.3 Å². The molecule has 0 unspecified atom stereocenters. The van der Waals surface area contributed by atoms with Crippen LogP contribution in [-0.2, 0) is 9.53 Å². The second kappa shape index (κ2) is 5.62. The number of hydrogen-bond acceptors (Lipinski definition) is 3. The summed E-state index contributed by atoms with van der Waals surface area (Å²) in [7, 11) is -10.1. The number of halogens is 9. The van der Waals surface area contributed by atoms with Gasteiger partial charge in [0, 0.05) is 5.56 Å². The number of esters is 1. The molecule has 0 radical (unpaired) electrons. The van der Waals surface area contributed by atoms with Crippen LogP contribution in [0.2, 0.25) is 0 Å². The summed E-state index contributed by atoms with van der Waals surface area (Å²) in [5, 5.41) is 0. The molecule has 0 saturated heterocycles. The highest BCUT2D eigenvalue weighted by molar-refractivity contribution is 14.1. The van der Waals surface area contributed by atoms with E-state index in [1.54, 1.807) is 0 Å². The Morgan fingerprint density at radius 2 is 1.81 bits per heavy atom. The van der Waals surface area contributed by atoms with E-state index in [4.69, 9.17) is 0 Å². The lowest BCUT2D eigenvalue weighted by Crippen LogP contribution is -2.41. The molecule has 1 heterocycles. The third-order valence-corrected chi connectivity index (χ3v) is 4.71. The molecule has 1 aromatic carbocycles.